The summed E-state index contributed by atoms with van der Waals surface area (Å²) >= 11 is 0. The number of ether oxygens (including phenoxy) is 2. The molecule has 1 aromatic carbocycles. The molecule has 114 valence electrons. The molecule has 0 fully saturated rings. The van der Waals surface area contributed by atoms with Gasteiger partial charge >= 0.3 is 5.97 Å². The molecule has 21 heavy (non-hydrogen) atoms. The van der Waals surface area contributed by atoms with Gasteiger partial charge in [0, 0.05) is 5.56 Å². The lowest BCUT2D eigenvalue weighted by molar-refractivity contribution is -0.153. The van der Waals surface area contributed by atoms with Crippen LogP contribution in [-0.2, 0) is 16.0 Å². The molecular weight excluding hydrogens is 270 g/mol. The summed E-state index contributed by atoms with van der Waals surface area (Å²) in [4.78, 5) is 23.6. The molecule has 0 unspecified atom stereocenters. The molecule has 0 atom stereocenters. The molecule has 1 aliphatic rings. The summed E-state index contributed by atoms with van der Waals surface area (Å²) < 4.78 is 10.6. The van der Waals surface area contributed by atoms with Crippen molar-refractivity contribution in [3.63, 3.8) is 0 Å². The fourth-order valence-corrected chi connectivity index (χ4v) is 2.13. The molecule has 2 rings (SSSR count). The molecule has 0 aromatic heterocycles. The van der Waals surface area contributed by atoms with Crippen molar-refractivity contribution in [2.45, 2.75) is 39.2 Å². The maximum absolute atomic E-state index is 12.0. The Hall–Kier alpha value is -2.04. The number of aryl methyl sites for hydroxylation is 1. The largest absolute Gasteiger partial charge is 0.493 e. The van der Waals surface area contributed by atoms with Crippen molar-refractivity contribution in [1.29, 1.82) is 0 Å². The molecular formula is C16H21NO4. The van der Waals surface area contributed by atoms with E-state index >= 15 is 0 Å². The predicted octanol–water partition coefficient (Wildman–Crippen LogP) is 2.08. The van der Waals surface area contributed by atoms with Crippen molar-refractivity contribution in [2.75, 3.05) is 13.2 Å². The van der Waals surface area contributed by atoms with Crippen LogP contribution in [0.3, 0.4) is 0 Å². The Morgan fingerprint density at radius 1 is 1.33 bits per heavy atom. The Labute approximate surface area is 124 Å². The molecule has 1 amide bonds. The van der Waals surface area contributed by atoms with Gasteiger partial charge in [-0.05, 0) is 57.4 Å². The molecule has 1 N–H and O–H groups in total. The molecule has 5 heteroatoms. The lowest BCUT2D eigenvalue weighted by atomic mass is 10.0. The van der Waals surface area contributed by atoms with Gasteiger partial charge in [-0.1, -0.05) is 0 Å². The zero-order valence-corrected chi connectivity index (χ0v) is 12.7. The maximum atomic E-state index is 12.0. The number of esters is 1. The number of carbonyl (C=O) groups is 2. The second-order valence-electron chi connectivity index (χ2n) is 6.04. The van der Waals surface area contributed by atoms with Crippen LogP contribution >= 0.6 is 0 Å². The highest BCUT2D eigenvalue weighted by Gasteiger charge is 2.18. The first-order chi connectivity index (χ1) is 9.85. The standard InChI is InChI=1S/C16H21NO4/c1-16(2,3)21-14(18)10-17-15(19)12-6-7-13-11(9-12)5-4-8-20-13/h6-7,9H,4-5,8,10H2,1-3H3,(H,17,19). The van der Waals surface area contributed by atoms with Crippen molar-refractivity contribution in [2.24, 2.45) is 0 Å². The van der Waals surface area contributed by atoms with Crippen LogP contribution in [0.1, 0.15) is 43.1 Å². The van der Waals surface area contributed by atoms with Gasteiger partial charge in [-0.2, -0.15) is 0 Å². The van der Waals surface area contributed by atoms with E-state index in [9.17, 15) is 9.59 Å². The number of hydrogen-bond acceptors (Lipinski definition) is 4. The second kappa shape index (κ2) is 6.16. The van der Waals surface area contributed by atoms with E-state index in [4.69, 9.17) is 9.47 Å². The zero-order chi connectivity index (χ0) is 15.5. The monoisotopic (exact) mass is 291 g/mol. The molecule has 1 aromatic rings. The van der Waals surface area contributed by atoms with E-state index < -0.39 is 11.6 Å². The quantitative estimate of drug-likeness (QED) is 0.866. The van der Waals surface area contributed by atoms with Gasteiger partial charge in [0.2, 0.25) is 0 Å². The average Bonchev–Trinajstić information content (AvgIpc) is 2.42. The van der Waals surface area contributed by atoms with Crippen LogP contribution in [0.4, 0.5) is 0 Å². The van der Waals surface area contributed by atoms with E-state index in [1.54, 1.807) is 32.9 Å². The summed E-state index contributed by atoms with van der Waals surface area (Å²) in [6, 6.07) is 5.32. The van der Waals surface area contributed by atoms with E-state index in [-0.39, 0.29) is 12.5 Å². The Kier molecular flexibility index (Phi) is 4.50. The smallest absolute Gasteiger partial charge is 0.325 e. The Balaban J connectivity index is 1.93. The molecule has 0 bridgehead atoms. The van der Waals surface area contributed by atoms with Gasteiger partial charge in [0.15, 0.2) is 0 Å². The minimum atomic E-state index is -0.551. The second-order valence-corrected chi connectivity index (χ2v) is 6.04. The lowest BCUT2D eigenvalue weighted by Crippen LogP contribution is -2.34. The van der Waals surface area contributed by atoms with E-state index in [0.29, 0.717) is 5.56 Å². The highest BCUT2D eigenvalue weighted by molar-refractivity contribution is 5.96. The van der Waals surface area contributed by atoms with Gasteiger partial charge < -0.3 is 14.8 Å². The van der Waals surface area contributed by atoms with Crippen LogP contribution < -0.4 is 10.1 Å². The van der Waals surface area contributed by atoms with Crippen LogP contribution in [-0.4, -0.2) is 30.6 Å². The minimum absolute atomic E-state index is 0.135. The molecule has 0 aliphatic carbocycles. The van der Waals surface area contributed by atoms with Gasteiger partial charge in [-0.15, -0.1) is 0 Å². The first-order valence-corrected chi connectivity index (χ1v) is 7.11. The summed E-state index contributed by atoms with van der Waals surface area (Å²) in [5.74, 6) is 0.108. The minimum Gasteiger partial charge on any atom is -0.493 e. The third-order valence-electron chi connectivity index (χ3n) is 2.98. The molecule has 1 aliphatic heterocycles. The Morgan fingerprint density at radius 3 is 2.81 bits per heavy atom. The van der Waals surface area contributed by atoms with Crippen molar-refractivity contribution < 1.29 is 19.1 Å². The van der Waals surface area contributed by atoms with Crippen LogP contribution in [0.2, 0.25) is 0 Å². The van der Waals surface area contributed by atoms with Gasteiger partial charge in [0.25, 0.3) is 5.91 Å². The third kappa shape index (κ3) is 4.48. The molecule has 0 saturated heterocycles. The first kappa shape index (κ1) is 15.4. The molecule has 0 spiro atoms. The topological polar surface area (TPSA) is 64.6 Å². The fraction of sp³-hybridized carbons (Fsp3) is 0.500. The van der Waals surface area contributed by atoms with Crippen LogP contribution in [0, 0.1) is 0 Å². The van der Waals surface area contributed by atoms with E-state index in [0.717, 1.165) is 30.8 Å². The average molecular weight is 291 g/mol. The van der Waals surface area contributed by atoms with Gasteiger partial charge in [-0.3, -0.25) is 9.59 Å². The van der Waals surface area contributed by atoms with Crippen molar-refractivity contribution in [3.05, 3.63) is 29.3 Å². The number of amides is 1. The van der Waals surface area contributed by atoms with Gasteiger partial charge in [0.05, 0.1) is 6.61 Å². The Bertz CT molecular complexity index is 546. The van der Waals surface area contributed by atoms with Crippen LogP contribution in [0.15, 0.2) is 18.2 Å². The normalized spacial score (nSPS) is 13.9. The van der Waals surface area contributed by atoms with E-state index in [1.807, 2.05) is 6.07 Å². The van der Waals surface area contributed by atoms with Crippen LogP contribution in [0.25, 0.3) is 0 Å². The highest BCUT2D eigenvalue weighted by Crippen LogP contribution is 2.25. The summed E-state index contributed by atoms with van der Waals surface area (Å²) in [5.41, 5.74) is 1.01. The molecule has 1 heterocycles. The number of fused-ring (bicyclic) bond motifs is 1. The van der Waals surface area contributed by atoms with Gasteiger partial charge in [-0.25, -0.2) is 0 Å². The van der Waals surface area contributed by atoms with Crippen molar-refractivity contribution in [1.82, 2.24) is 5.32 Å². The summed E-state index contributed by atoms with van der Waals surface area (Å²) in [7, 11) is 0. The lowest BCUT2D eigenvalue weighted by Gasteiger charge is -2.20. The Morgan fingerprint density at radius 2 is 2.10 bits per heavy atom. The molecule has 0 radical (unpaired) electrons. The number of nitrogens with one attached hydrogen (secondary N) is 1. The van der Waals surface area contributed by atoms with Gasteiger partial charge in [0.1, 0.15) is 17.9 Å². The molecule has 5 nitrogen and oxygen atoms in total. The zero-order valence-electron chi connectivity index (χ0n) is 12.7. The number of benzene rings is 1. The SMILES string of the molecule is CC(C)(C)OC(=O)CNC(=O)c1ccc2c(c1)CCCO2. The summed E-state index contributed by atoms with van der Waals surface area (Å²) in [5, 5.41) is 2.57. The van der Waals surface area contributed by atoms with Crippen molar-refractivity contribution >= 4 is 11.9 Å². The van der Waals surface area contributed by atoms with Crippen molar-refractivity contribution in [3.8, 4) is 5.75 Å². The number of carbonyl (C=O) groups excluding carboxylic acids is 2. The number of hydrogen-bond donors (Lipinski definition) is 1. The van der Waals surface area contributed by atoms with E-state index in [1.165, 1.54) is 0 Å². The first-order valence-electron chi connectivity index (χ1n) is 7.11. The maximum Gasteiger partial charge on any atom is 0.325 e. The molecule has 0 saturated carbocycles. The van der Waals surface area contributed by atoms with Crippen LogP contribution in [0.5, 0.6) is 5.75 Å². The summed E-state index contributed by atoms with van der Waals surface area (Å²) in [6.45, 7) is 5.95. The summed E-state index contributed by atoms with van der Waals surface area (Å²) in [6.07, 6.45) is 1.86. The third-order valence-corrected chi connectivity index (χ3v) is 2.98. The highest BCUT2D eigenvalue weighted by atomic mass is 16.6. The predicted molar refractivity (Wildman–Crippen MR) is 78.4 cm³/mol. The van der Waals surface area contributed by atoms with E-state index in [2.05, 4.69) is 5.32 Å². The fourth-order valence-electron chi connectivity index (χ4n) is 2.13. The number of rotatable bonds is 3.